The second-order valence-electron chi connectivity index (χ2n) is 8.35. The van der Waals surface area contributed by atoms with Crippen LogP contribution >= 0.6 is 0 Å². The van der Waals surface area contributed by atoms with Crippen LogP contribution in [0.1, 0.15) is 53.6 Å². The van der Waals surface area contributed by atoms with E-state index in [0.717, 1.165) is 11.4 Å². The van der Waals surface area contributed by atoms with E-state index in [2.05, 4.69) is 10.4 Å². The molecule has 0 atom stereocenters. The zero-order chi connectivity index (χ0) is 25.4. The number of ketones is 2. The van der Waals surface area contributed by atoms with Crippen LogP contribution in [0.25, 0.3) is 5.69 Å². The maximum absolute atomic E-state index is 13.1. The summed E-state index contributed by atoms with van der Waals surface area (Å²) >= 11 is 0. The van der Waals surface area contributed by atoms with Gasteiger partial charge in [-0.1, -0.05) is 54.6 Å². The van der Waals surface area contributed by atoms with Gasteiger partial charge in [-0.05, 0) is 32.0 Å². The number of nitrogens with zero attached hydrogens (tertiary/aromatic N) is 2. The van der Waals surface area contributed by atoms with Crippen LogP contribution in [0.3, 0.4) is 0 Å². The Kier molecular flexibility index (Phi) is 5.77. The highest BCUT2D eigenvalue weighted by Gasteiger charge is 2.33. The summed E-state index contributed by atoms with van der Waals surface area (Å²) in [5.41, 5.74) is 3.29. The number of hydrogen-bond acceptors (Lipinski definition) is 6. The highest BCUT2D eigenvalue weighted by Crippen LogP contribution is 2.30. The zero-order valence-electron chi connectivity index (χ0n) is 19.6. The molecule has 0 bridgehead atoms. The molecule has 0 radical (unpaired) electrons. The van der Waals surface area contributed by atoms with Crippen molar-refractivity contribution in [2.24, 2.45) is 0 Å². The molecule has 178 valence electrons. The van der Waals surface area contributed by atoms with Crippen molar-refractivity contribution in [3.05, 3.63) is 112 Å². The molecule has 0 aliphatic heterocycles. The Balaban J connectivity index is 1.33. The first-order chi connectivity index (χ1) is 17.4. The lowest BCUT2D eigenvalue weighted by Crippen LogP contribution is -2.26. The molecule has 36 heavy (non-hydrogen) atoms. The van der Waals surface area contributed by atoms with E-state index in [-0.39, 0.29) is 28.0 Å². The van der Waals surface area contributed by atoms with Crippen molar-refractivity contribution in [2.75, 3.05) is 11.9 Å². The summed E-state index contributed by atoms with van der Waals surface area (Å²) in [6.07, 6.45) is 0. The molecule has 1 amide bonds. The number of esters is 1. The highest BCUT2D eigenvalue weighted by atomic mass is 16.5. The monoisotopic (exact) mass is 479 g/mol. The first-order valence-electron chi connectivity index (χ1n) is 11.3. The van der Waals surface area contributed by atoms with Gasteiger partial charge in [0.25, 0.3) is 5.91 Å². The van der Waals surface area contributed by atoms with Crippen molar-refractivity contribution >= 4 is 29.1 Å². The molecule has 1 aliphatic carbocycles. The third kappa shape index (κ3) is 3.88. The molecule has 1 aromatic heterocycles. The van der Waals surface area contributed by atoms with Gasteiger partial charge in [0.2, 0.25) is 0 Å². The van der Waals surface area contributed by atoms with Gasteiger partial charge in [0.15, 0.2) is 18.2 Å². The summed E-state index contributed by atoms with van der Waals surface area (Å²) < 4.78 is 6.95. The number of ether oxygens (including phenoxy) is 1. The Labute approximate surface area is 206 Å². The number of carbonyl (C=O) groups excluding carboxylic acids is 4. The number of fused-ring (bicyclic) bond motifs is 2. The molecule has 0 spiro atoms. The number of aromatic nitrogens is 2. The molecular weight excluding hydrogens is 458 g/mol. The van der Waals surface area contributed by atoms with Crippen molar-refractivity contribution in [3.8, 4) is 5.69 Å². The molecule has 0 unspecified atom stereocenters. The highest BCUT2D eigenvalue weighted by molar-refractivity contribution is 6.30. The van der Waals surface area contributed by atoms with Gasteiger partial charge in [-0.15, -0.1) is 0 Å². The second kappa shape index (κ2) is 9.07. The minimum Gasteiger partial charge on any atom is -0.452 e. The van der Waals surface area contributed by atoms with Crippen LogP contribution in [0, 0.1) is 13.8 Å². The summed E-state index contributed by atoms with van der Waals surface area (Å²) in [5, 5.41) is 7.23. The van der Waals surface area contributed by atoms with Gasteiger partial charge in [-0.25, -0.2) is 9.48 Å². The Morgan fingerprint density at radius 1 is 0.833 bits per heavy atom. The van der Waals surface area contributed by atoms with Gasteiger partial charge >= 0.3 is 5.97 Å². The Hall–Kier alpha value is -4.85. The number of para-hydroxylation sites is 1. The zero-order valence-corrected chi connectivity index (χ0v) is 19.6. The smallest absolute Gasteiger partial charge is 0.339 e. The summed E-state index contributed by atoms with van der Waals surface area (Å²) in [5.74, 6) is -2.19. The molecule has 1 heterocycles. The van der Waals surface area contributed by atoms with Crippen LogP contribution in [0.4, 0.5) is 5.69 Å². The molecule has 0 saturated carbocycles. The lowest BCUT2D eigenvalue weighted by molar-refractivity contribution is -0.119. The quantitative estimate of drug-likeness (QED) is 0.381. The molecule has 3 aromatic carbocycles. The van der Waals surface area contributed by atoms with Crippen molar-refractivity contribution in [3.63, 3.8) is 0 Å². The number of amides is 1. The molecule has 1 N–H and O–H groups in total. The Bertz CT molecular complexity index is 1550. The molecule has 0 fully saturated rings. The van der Waals surface area contributed by atoms with Crippen LogP contribution in [0.5, 0.6) is 0 Å². The summed E-state index contributed by atoms with van der Waals surface area (Å²) in [6, 6.07) is 20.4. The van der Waals surface area contributed by atoms with Gasteiger partial charge in [-0.2, -0.15) is 5.10 Å². The first kappa shape index (κ1) is 22.9. The third-order valence-corrected chi connectivity index (χ3v) is 6.06. The van der Waals surface area contributed by atoms with E-state index >= 15 is 0 Å². The molecule has 0 saturated heterocycles. The first-order valence-corrected chi connectivity index (χ1v) is 11.3. The number of rotatable bonds is 5. The lowest BCUT2D eigenvalue weighted by Gasteiger charge is -2.19. The van der Waals surface area contributed by atoms with Crippen molar-refractivity contribution in [2.45, 2.75) is 13.8 Å². The van der Waals surface area contributed by atoms with E-state index in [1.54, 1.807) is 35.9 Å². The van der Waals surface area contributed by atoms with Gasteiger partial charge < -0.3 is 10.1 Å². The topological polar surface area (TPSA) is 107 Å². The van der Waals surface area contributed by atoms with Crippen LogP contribution in [0.2, 0.25) is 0 Å². The minimum atomic E-state index is -0.865. The largest absolute Gasteiger partial charge is 0.452 e. The van der Waals surface area contributed by atoms with Crippen LogP contribution in [-0.4, -0.2) is 39.8 Å². The van der Waals surface area contributed by atoms with Gasteiger partial charge in [0.05, 0.1) is 28.3 Å². The lowest BCUT2D eigenvalue weighted by atomic mass is 9.82. The van der Waals surface area contributed by atoms with Crippen LogP contribution in [-0.2, 0) is 9.53 Å². The van der Waals surface area contributed by atoms with Crippen molar-refractivity contribution in [1.29, 1.82) is 0 Å². The fourth-order valence-electron chi connectivity index (χ4n) is 4.34. The fourth-order valence-corrected chi connectivity index (χ4v) is 4.34. The molecule has 1 aliphatic rings. The SMILES string of the molecule is Cc1nn(-c2ccccc2)c(C)c1NC(=O)COC(=O)c1cccc2c1C(=O)c1ccccc1C2=O. The van der Waals surface area contributed by atoms with E-state index < -0.39 is 24.3 Å². The van der Waals surface area contributed by atoms with Crippen molar-refractivity contribution in [1.82, 2.24) is 9.78 Å². The number of aryl methyl sites for hydroxylation is 1. The number of carbonyl (C=O) groups is 4. The predicted molar refractivity (Wildman–Crippen MR) is 132 cm³/mol. The van der Waals surface area contributed by atoms with Crippen LogP contribution < -0.4 is 5.32 Å². The average Bonchev–Trinajstić information content (AvgIpc) is 3.18. The number of anilines is 1. The predicted octanol–water partition coefficient (Wildman–Crippen LogP) is 4.06. The minimum absolute atomic E-state index is 0.0116. The van der Waals surface area contributed by atoms with Gasteiger partial charge in [0.1, 0.15) is 0 Å². The van der Waals surface area contributed by atoms with Crippen LogP contribution in [0.15, 0.2) is 72.8 Å². The Morgan fingerprint density at radius 3 is 2.19 bits per heavy atom. The van der Waals surface area contributed by atoms with E-state index in [1.165, 1.54) is 18.2 Å². The molecule has 5 rings (SSSR count). The third-order valence-electron chi connectivity index (χ3n) is 6.06. The average molecular weight is 479 g/mol. The van der Waals surface area contributed by atoms with Gasteiger partial charge in [-0.3, -0.25) is 14.4 Å². The molecule has 8 heteroatoms. The number of nitrogens with one attached hydrogen (secondary N) is 1. The van der Waals surface area contributed by atoms with E-state index in [0.29, 0.717) is 16.9 Å². The summed E-state index contributed by atoms with van der Waals surface area (Å²) in [7, 11) is 0. The molecule has 4 aromatic rings. The maximum atomic E-state index is 13.1. The number of benzene rings is 3. The number of hydrogen-bond donors (Lipinski definition) is 1. The van der Waals surface area contributed by atoms with E-state index in [1.807, 2.05) is 37.3 Å². The summed E-state index contributed by atoms with van der Waals surface area (Å²) in [4.78, 5) is 51.5. The maximum Gasteiger partial charge on any atom is 0.339 e. The Morgan fingerprint density at radius 2 is 1.47 bits per heavy atom. The molecule has 8 nitrogen and oxygen atoms in total. The van der Waals surface area contributed by atoms with E-state index in [9.17, 15) is 19.2 Å². The van der Waals surface area contributed by atoms with Crippen molar-refractivity contribution < 1.29 is 23.9 Å². The molecular formula is C28H21N3O5. The fraction of sp³-hybridized carbons (Fsp3) is 0.107. The van der Waals surface area contributed by atoms with Gasteiger partial charge in [0, 0.05) is 22.3 Å². The van der Waals surface area contributed by atoms with E-state index in [4.69, 9.17) is 4.74 Å². The normalized spacial score (nSPS) is 12.1. The second-order valence-corrected chi connectivity index (χ2v) is 8.35. The standard InChI is InChI=1S/C28H21N3O5/c1-16-25(17(2)31(30-16)18-9-4-3-5-10-18)29-23(32)15-36-28(35)22-14-8-13-21-24(22)27(34)20-12-7-6-11-19(20)26(21)33/h3-14H,15H2,1-2H3,(H,29,32). The summed E-state index contributed by atoms with van der Waals surface area (Å²) in [6.45, 7) is 3.02.